The van der Waals surface area contributed by atoms with Gasteiger partial charge in [0.25, 0.3) is 0 Å². The van der Waals surface area contributed by atoms with E-state index in [1.807, 2.05) is 42.5 Å². The number of hydrogen-bond donors (Lipinski definition) is 1. The second-order valence-corrected chi connectivity index (χ2v) is 6.69. The van der Waals surface area contributed by atoms with Gasteiger partial charge in [0.1, 0.15) is 0 Å². The Labute approximate surface area is 147 Å². The Balaban J connectivity index is 1.80. The van der Waals surface area contributed by atoms with E-state index in [2.05, 4.69) is 33.3 Å². The van der Waals surface area contributed by atoms with Crippen LogP contribution in [0.4, 0.5) is 0 Å². The molecule has 1 aliphatic heterocycles. The van der Waals surface area contributed by atoms with Crippen LogP contribution in [0.3, 0.4) is 0 Å². The molecule has 0 amide bonds. The van der Waals surface area contributed by atoms with E-state index in [1.54, 1.807) is 4.68 Å². The molecule has 2 heterocycles. The van der Waals surface area contributed by atoms with Crippen LogP contribution in [0.15, 0.2) is 68.4 Å². The van der Waals surface area contributed by atoms with Gasteiger partial charge in [0.2, 0.25) is 0 Å². The molecule has 1 N–H and O–H groups in total. The summed E-state index contributed by atoms with van der Waals surface area (Å²) in [6.07, 6.45) is 0.169. The number of H-pyrrole nitrogens is 1. The monoisotopic (exact) mass is 387 g/mol. The Morgan fingerprint density at radius 2 is 1.88 bits per heavy atom. The quantitative estimate of drug-likeness (QED) is 0.686. The fourth-order valence-corrected chi connectivity index (χ4v) is 3.50. The third kappa shape index (κ3) is 2.83. The topological polar surface area (TPSA) is 59.1 Å². The summed E-state index contributed by atoms with van der Waals surface area (Å²) in [7, 11) is 0. The highest BCUT2D eigenvalue weighted by molar-refractivity contribution is 9.10. The lowest BCUT2D eigenvalue weighted by molar-refractivity contribution is -0.768. The number of nitrogens with one attached hydrogen (secondary N) is 1. The molecule has 2 atom stereocenters. The van der Waals surface area contributed by atoms with Crippen molar-refractivity contribution in [3.05, 3.63) is 86.3 Å². The van der Waals surface area contributed by atoms with E-state index < -0.39 is 11.7 Å². The van der Waals surface area contributed by atoms with Crippen molar-refractivity contribution in [1.29, 1.82) is 0 Å². The lowest BCUT2D eigenvalue weighted by Crippen LogP contribution is -2.41. The highest BCUT2D eigenvalue weighted by Gasteiger charge is 2.38. The summed E-state index contributed by atoms with van der Waals surface area (Å²) in [5, 5.41) is 2.69. The van der Waals surface area contributed by atoms with Crippen molar-refractivity contribution in [2.75, 3.05) is 0 Å². The normalized spacial score (nSPS) is 20.4. The molecule has 1 aromatic heterocycles. The predicted octanol–water partition coefficient (Wildman–Crippen LogP) is 3.27. The number of hydrogen-bond acceptors (Lipinski definition) is 3. The van der Waals surface area contributed by atoms with Gasteiger partial charge in [-0.1, -0.05) is 63.1 Å². The van der Waals surface area contributed by atoms with Crippen LogP contribution in [-0.2, 0) is 11.3 Å². The fourth-order valence-electron chi connectivity index (χ4n) is 3.09. The van der Waals surface area contributed by atoms with E-state index in [0.717, 1.165) is 22.0 Å². The summed E-state index contributed by atoms with van der Waals surface area (Å²) in [6, 6.07) is 17.9. The summed E-state index contributed by atoms with van der Waals surface area (Å²) < 4.78 is 14.1. The number of rotatable bonds is 2. The van der Waals surface area contributed by atoms with Crippen molar-refractivity contribution in [3.63, 3.8) is 0 Å². The van der Waals surface area contributed by atoms with E-state index in [-0.39, 0.29) is 6.10 Å². The summed E-state index contributed by atoms with van der Waals surface area (Å²) >= 11 is 3.49. The van der Waals surface area contributed by atoms with Crippen LogP contribution < -0.4 is 10.3 Å². The third-order valence-electron chi connectivity index (χ3n) is 4.23. The van der Waals surface area contributed by atoms with Crippen LogP contribution in [0.5, 0.6) is 0 Å². The number of halogens is 1. The Bertz CT molecular complexity index is 904. The molecule has 0 fully saturated rings. The van der Waals surface area contributed by atoms with Gasteiger partial charge in [0, 0.05) is 10.9 Å². The minimum atomic E-state index is -0.488. The van der Waals surface area contributed by atoms with Crippen molar-refractivity contribution in [3.8, 4) is 0 Å². The summed E-state index contributed by atoms with van der Waals surface area (Å²) in [4.78, 5) is 12.2. The van der Waals surface area contributed by atoms with Gasteiger partial charge in [0.05, 0.1) is 6.10 Å². The molecule has 1 aliphatic rings. The maximum absolute atomic E-state index is 12.2. The second-order valence-electron chi connectivity index (χ2n) is 5.78. The summed E-state index contributed by atoms with van der Waals surface area (Å²) in [6.45, 7) is 0.630. The smallest absolute Gasteiger partial charge is 0.354 e. The van der Waals surface area contributed by atoms with Crippen molar-refractivity contribution < 1.29 is 13.9 Å². The molecular weight excluding hydrogens is 372 g/mol. The second kappa shape index (κ2) is 6.37. The van der Waals surface area contributed by atoms with Crippen molar-refractivity contribution in [2.24, 2.45) is 0 Å². The Hall–Kier alpha value is -2.18. The molecule has 3 aromatic rings. The maximum atomic E-state index is 12.2. The molecule has 122 valence electrons. The molecular formula is C18H16BrN2O3+. The first-order valence-electron chi connectivity index (χ1n) is 7.79. The van der Waals surface area contributed by atoms with Crippen molar-refractivity contribution >= 4 is 15.9 Å². The molecule has 2 aromatic carbocycles. The summed E-state index contributed by atoms with van der Waals surface area (Å²) in [5.74, 6) is 0. The first kappa shape index (κ1) is 15.4. The van der Waals surface area contributed by atoms with E-state index in [4.69, 9.17) is 9.26 Å². The van der Waals surface area contributed by atoms with E-state index >= 15 is 0 Å². The minimum absolute atomic E-state index is 0.0946. The molecule has 0 spiro atoms. The highest BCUT2D eigenvalue weighted by Crippen LogP contribution is 2.34. The van der Waals surface area contributed by atoms with E-state index in [1.165, 1.54) is 0 Å². The maximum Gasteiger partial charge on any atom is 0.433 e. The van der Waals surface area contributed by atoms with Gasteiger partial charge >= 0.3 is 11.3 Å². The summed E-state index contributed by atoms with van der Waals surface area (Å²) in [5.41, 5.74) is 2.11. The van der Waals surface area contributed by atoms with Crippen LogP contribution in [0.25, 0.3) is 0 Å². The largest absolute Gasteiger partial charge is 0.433 e. The lowest BCUT2D eigenvalue weighted by Gasteiger charge is -2.19. The molecule has 0 radical (unpaired) electrons. The molecule has 0 bridgehead atoms. The number of fused-ring (bicyclic) bond motifs is 1. The SMILES string of the molecule is O=c1o[nH][n+]2c1[C@H](c1cccc(Br)c1)O[C@H](c1ccccc1)CC2. The van der Waals surface area contributed by atoms with E-state index in [9.17, 15) is 4.79 Å². The van der Waals surface area contributed by atoms with Gasteiger partial charge in [0.15, 0.2) is 12.6 Å². The number of aryl methyl sites for hydroxylation is 1. The van der Waals surface area contributed by atoms with E-state index in [0.29, 0.717) is 12.2 Å². The standard InChI is InChI=1S/C18H15BrN2O3/c19-14-8-4-7-13(11-14)17-16-18(22)24-20-21(16)10-9-15(23-17)12-5-2-1-3-6-12/h1-8,11,15,17H,9-10H2/p+1/t15-,17-/m0/s1. The number of benzene rings is 2. The van der Waals surface area contributed by atoms with Crippen LogP contribution in [0.2, 0.25) is 0 Å². The lowest BCUT2D eigenvalue weighted by atomic mass is 10.0. The predicted molar refractivity (Wildman–Crippen MR) is 90.4 cm³/mol. The molecule has 0 unspecified atom stereocenters. The molecule has 0 saturated heterocycles. The van der Waals surface area contributed by atoms with Crippen LogP contribution in [0, 0.1) is 0 Å². The Kier molecular flexibility index (Phi) is 4.08. The molecule has 5 nitrogen and oxygen atoms in total. The average Bonchev–Trinajstić information content (AvgIpc) is 2.86. The third-order valence-corrected chi connectivity index (χ3v) is 4.73. The number of aromatic amines is 1. The number of aromatic nitrogens is 2. The van der Waals surface area contributed by atoms with Crippen molar-refractivity contribution in [1.82, 2.24) is 5.27 Å². The van der Waals surface area contributed by atoms with Gasteiger partial charge < -0.3 is 4.74 Å². The van der Waals surface area contributed by atoms with Gasteiger partial charge in [-0.3, -0.25) is 4.52 Å². The van der Waals surface area contributed by atoms with Crippen LogP contribution in [0.1, 0.15) is 35.4 Å². The first-order chi connectivity index (χ1) is 11.7. The molecule has 0 saturated carbocycles. The van der Waals surface area contributed by atoms with Gasteiger partial charge in [-0.25, -0.2) is 4.79 Å². The fraction of sp³-hybridized carbons (Fsp3) is 0.222. The van der Waals surface area contributed by atoms with Gasteiger partial charge in [-0.15, -0.1) is 0 Å². The zero-order valence-corrected chi connectivity index (χ0v) is 14.4. The minimum Gasteiger partial charge on any atom is -0.354 e. The Morgan fingerprint density at radius 3 is 2.67 bits per heavy atom. The molecule has 4 rings (SSSR count). The molecule has 0 aliphatic carbocycles. The van der Waals surface area contributed by atoms with Gasteiger partial charge in [-0.05, 0) is 28.5 Å². The number of nitrogens with zero attached hydrogens (tertiary/aromatic N) is 1. The van der Waals surface area contributed by atoms with Crippen LogP contribution >= 0.6 is 15.9 Å². The zero-order valence-electron chi connectivity index (χ0n) is 12.8. The molecule has 24 heavy (non-hydrogen) atoms. The molecule has 6 heteroatoms. The first-order valence-corrected chi connectivity index (χ1v) is 8.59. The highest BCUT2D eigenvalue weighted by atomic mass is 79.9. The number of ether oxygens (including phenoxy) is 1. The van der Waals surface area contributed by atoms with Gasteiger partial charge in [-0.2, -0.15) is 0 Å². The Morgan fingerprint density at radius 1 is 1.08 bits per heavy atom. The van der Waals surface area contributed by atoms with Crippen molar-refractivity contribution in [2.45, 2.75) is 25.2 Å². The zero-order chi connectivity index (χ0) is 16.5. The average molecular weight is 388 g/mol. The van der Waals surface area contributed by atoms with Crippen LogP contribution in [-0.4, -0.2) is 5.27 Å².